The number of allylic oxidation sites excluding steroid dienone is 4. The van der Waals surface area contributed by atoms with Crippen LogP contribution in [0.3, 0.4) is 0 Å². The molecule has 0 fully saturated rings. The third-order valence-corrected chi connectivity index (χ3v) is 2.55. The summed E-state index contributed by atoms with van der Waals surface area (Å²) >= 11 is 0. The predicted octanol–water partition coefficient (Wildman–Crippen LogP) is 3.24. The maximum Gasteiger partial charge on any atom is 0.0663 e. The third kappa shape index (κ3) is 2.31. The number of rotatable bonds is 3. The van der Waals surface area contributed by atoms with Crippen LogP contribution in [0.1, 0.15) is 27.2 Å². The Bertz CT molecular complexity index is 279. The van der Waals surface area contributed by atoms with E-state index in [0.29, 0.717) is 0 Å². The molecule has 1 heteroatoms. The summed E-state index contributed by atoms with van der Waals surface area (Å²) in [7, 11) is 1.75. The SMILES string of the molecule is C=C1C=CC(C)=C1CC(C)(C)OC. The molecule has 0 heterocycles. The lowest BCUT2D eigenvalue weighted by molar-refractivity contribution is 0.0236. The average molecular weight is 178 g/mol. The van der Waals surface area contributed by atoms with Gasteiger partial charge in [-0.3, -0.25) is 0 Å². The van der Waals surface area contributed by atoms with E-state index >= 15 is 0 Å². The van der Waals surface area contributed by atoms with E-state index in [2.05, 4.69) is 39.5 Å². The Hall–Kier alpha value is -0.820. The molecule has 0 spiro atoms. The largest absolute Gasteiger partial charge is 0.378 e. The van der Waals surface area contributed by atoms with Gasteiger partial charge in [-0.15, -0.1) is 0 Å². The van der Waals surface area contributed by atoms with Crippen molar-refractivity contribution < 1.29 is 4.74 Å². The lowest BCUT2D eigenvalue weighted by Gasteiger charge is -2.24. The first kappa shape index (κ1) is 10.3. The molecule has 0 saturated carbocycles. The fraction of sp³-hybridized carbons (Fsp3) is 0.500. The molecule has 1 rings (SSSR count). The van der Waals surface area contributed by atoms with Crippen molar-refractivity contribution in [2.45, 2.75) is 32.8 Å². The van der Waals surface area contributed by atoms with Gasteiger partial charge in [-0.05, 0) is 37.5 Å². The molecule has 0 atom stereocenters. The van der Waals surface area contributed by atoms with E-state index in [9.17, 15) is 0 Å². The van der Waals surface area contributed by atoms with Crippen molar-refractivity contribution in [3.05, 3.63) is 35.5 Å². The van der Waals surface area contributed by atoms with Gasteiger partial charge in [0.1, 0.15) is 0 Å². The number of ether oxygens (including phenoxy) is 1. The number of hydrogen-bond acceptors (Lipinski definition) is 1. The van der Waals surface area contributed by atoms with Crippen LogP contribution in [0.5, 0.6) is 0 Å². The topological polar surface area (TPSA) is 9.23 Å². The Morgan fingerprint density at radius 1 is 1.38 bits per heavy atom. The first-order valence-electron chi connectivity index (χ1n) is 4.58. The summed E-state index contributed by atoms with van der Waals surface area (Å²) in [5.41, 5.74) is 3.68. The first-order chi connectivity index (χ1) is 5.96. The summed E-state index contributed by atoms with van der Waals surface area (Å²) in [6.45, 7) is 10.3. The zero-order valence-electron chi connectivity index (χ0n) is 8.98. The Balaban J connectivity index is 2.76. The van der Waals surface area contributed by atoms with Crippen LogP contribution < -0.4 is 0 Å². The van der Waals surface area contributed by atoms with Gasteiger partial charge < -0.3 is 4.74 Å². The van der Waals surface area contributed by atoms with Crippen LogP contribution in [0.25, 0.3) is 0 Å². The quantitative estimate of drug-likeness (QED) is 0.644. The second-order valence-electron chi connectivity index (χ2n) is 4.16. The monoisotopic (exact) mass is 178 g/mol. The Morgan fingerprint density at radius 3 is 2.38 bits per heavy atom. The van der Waals surface area contributed by atoms with Crippen LogP contribution in [-0.4, -0.2) is 12.7 Å². The van der Waals surface area contributed by atoms with Crippen LogP contribution in [-0.2, 0) is 4.74 Å². The minimum Gasteiger partial charge on any atom is -0.378 e. The zero-order chi connectivity index (χ0) is 10.1. The molecule has 0 aliphatic heterocycles. The van der Waals surface area contributed by atoms with E-state index in [1.54, 1.807) is 7.11 Å². The molecule has 0 N–H and O–H groups in total. The van der Waals surface area contributed by atoms with E-state index in [1.807, 2.05) is 0 Å². The molecule has 0 aromatic rings. The van der Waals surface area contributed by atoms with Crippen molar-refractivity contribution in [1.29, 1.82) is 0 Å². The van der Waals surface area contributed by atoms with Crippen LogP contribution in [0, 0.1) is 0 Å². The summed E-state index contributed by atoms with van der Waals surface area (Å²) in [6, 6.07) is 0. The Morgan fingerprint density at radius 2 is 2.00 bits per heavy atom. The van der Waals surface area contributed by atoms with Crippen molar-refractivity contribution in [3.8, 4) is 0 Å². The lowest BCUT2D eigenvalue weighted by atomic mass is 9.94. The summed E-state index contributed by atoms with van der Waals surface area (Å²) in [4.78, 5) is 0. The van der Waals surface area contributed by atoms with Gasteiger partial charge in [-0.25, -0.2) is 0 Å². The smallest absolute Gasteiger partial charge is 0.0663 e. The average Bonchev–Trinajstić information content (AvgIpc) is 2.36. The molecule has 0 unspecified atom stereocenters. The van der Waals surface area contributed by atoms with Crippen molar-refractivity contribution in [3.63, 3.8) is 0 Å². The number of methoxy groups -OCH3 is 1. The number of hydrogen-bond donors (Lipinski definition) is 0. The standard InChI is InChI=1S/C12H18O/c1-9-6-7-10(2)11(9)8-12(3,4)13-5/h6-7H,1,8H2,2-5H3. The molecule has 13 heavy (non-hydrogen) atoms. The van der Waals surface area contributed by atoms with E-state index < -0.39 is 0 Å². The van der Waals surface area contributed by atoms with E-state index in [0.717, 1.165) is 12.0 Å². The second kappa shape index (κ2) is 3.51. The zero-order valence-corrected chi connectivity index (χ0v) is 8.98. The van der Waals surface area contributed by atoms with Crippen molar-refractivity contribution in [2.75, 3.05) is 7.11 Å². The lowest BCUT2D eigenvalue weighted by Crippen LogP contribution is -2.23. The highest BCUT2D eigenvalue weighted by molar-refractivity contribution is 5.51. The van der Waals surface area contributed by atoms with Gasteiger partial charge in [0.15, 0.2) is 0 Å². The van der Waals surface area contributed by atoms with Crippen molar-refractivity contribution in [2.24, 2.45) is 0 Å². The molecule has 1 aliphatic carbocycles. The fourth-order valence-electron chi connectivity index (χ4n) is 1.43. The molecule has 0 amide bonds. The van der Waals surface area contributed by atoms with Gasteiger partial charge in [-0.2, -0.15) is 0 Å². The van der Waals surface area contributed by atoms with Crippen LogP contribution in [0.15, 0.2) is 35.5 Å². The van der Waals surface area contributed by atoms with E-state index in [4.69, 9.17) is 4.74 Å². The van der Waals surface area contributed by atoms with Crippen molar-refractivity contribution >= 4 is 0 Å². The molecular formula is C12H18O. The van der Waals surface area contributed by atoms with Crippen molar-refractivity contribution in [1.82, 2.24) is 0 Å². The molecule has 0 aromatic carbocycles. The molecule has 0 bridgehead atoms. The summed E-state index contributed by atoms with van der Waals surface area (Å²) in [5, 5.41) is 0. The van der Waals surface area contributed by atoms with Gasteiger partial charge in [-0.1, -0.05) is 18.7 Å². The Kier molecular flexibility index (Phi) is 2.77. The predicted molar refractivity (Wildman–Crippen MR) is 56.7 cm³/mol. The summed E-state index contributed by atoms with van der Waals surface area (Å²) in [5.74, 6) is 0. The van der Waals surface area contributed by atoms with Crippen LogP contribution in [0.4, 0.5) is 0 Å². The van der Waals surface area contributed by atoms with Crippen LogP contribution in [0.2, 0.25) is 0 Å². The normalized spacial score (nSPS) is 17.4. The summed E-state index contributed by atoms with van der Waals surface area (Å²) in [6.07, 6.45) is 5.11. The maximum atomic E-state index is 5.39. The molecule has 0 radical (unpaired) electrons. The highest BCUT2D eigenvalue weighted by atomic mass is 16.5. The highest BCUT2D eigenvalue weighted by Crippen LogP contribution is 2.31. The molecule has 1 aliphatic rings. The Labute approximate surface area is 80.8 Å². The van der Waals surface area contributed by atoms with Gasteiger partial charge in [0.2, 0.25) is 0 Å². The first-order valence-corrected chi connectivity index (χ1v) is 4.58. The van der Waals surface area contributed by atoms with Gasteiger partial charge >= 0.3 is 0 Å². The van der Waals surface area contributed by atoms with Gasteiger partial charge in [0.25, 0.3) is 0 Å². The summed E-state index contributed by atoms with van der Waals surface area (Å²) < 4.78 is 5.39. The minimum absolute atomic E-state index is 0.0917. The fourth-order valence-corrected chi connectivity index (χ4v) is 1.43. The minimum atomic E-state index is -0.0917. The van der Waals surface area contributed by atoms with E-state index in [1.165, 1.54) is 11.1 Å². The highest BCUT2D eigenvalue weighted by Gasteiger charge is 2.21. The molecule has 0 saturated heterocycles. The molecule has 1 nitrogen and oxygen atoms in total. The third-order valence-electron chi connectivity index (χ3n) is 2.55. The van der Waals surface area contributed by atoms with Gasteiger partial charge in [0, 0.05) is 13.5 Å². The van der Waals surface area contributed by atoms with Crippen LogP contribution >= 0.6 is 0 Å². The van der Waals surface area contributed by atoms with E-state index in [-0.39, 0.29) is 5.60 Å². The maximum absolute atomic E-state index is 5.39. The van der Waals surface area contributed by atoms with Gasteiger partial charge in [0.05, 0.1) is 5.60 Å². The molecule has 0 aromatic heterocycles. The molecule has 72 valence electrons. The second-order valence-corrected chi connectivity index (χ2v) is 4.16. The molecular weight excluding hydrogens is 160 g/mol.